The molecule has 0 fully saturated rings. The molecule has 1 aliphatic rings. The lowest BCUT2D eigenvalue weighted by Gasteiger charge is -2.36. The lowest BCUT2D eigenvalue weighted by molar-refractivity contribution is -0.173. The van der Waals surface area contributed by atoms with Crippen molar-refractivity contribution in [2.45, 2.75) is 32.0 Å². The Morgan fingerprint density at radius 1 is 1.35 bits per heavy atom. The van der Waals surface area contributed by atoms with E-state index in [1.807, 2.05) is 31.2 Å². The van der Waals surface area contributed by atoms with Gasteiger partial charge < -0.3 is 19.7 Å². The predicted molar refractivity (Wildman–Crippen MR) is 93.9 cm³/mol. The molecular formula is C17H21IO5. The highest BCUT2D eigenvalue weighted by molar-refractivity contribution is 14.1. The van der Waals surface area contributed by atoms with Crippen LogP contribution in [0.15, 0.2) is 36.1 Å². The van der Waals surface area contributed by atoms with Gasteiger partial charge in [-0.25, -0.2) is 4.79 Å². The molecule has 1 heterocycles. The van der Waals surface area contributed by atoms with Gasteiger partial charge in [0.15, 0.2) is 0 Å². The first-order chi connectivity index (χ1) is 11.1. The number of allylic oxidation sites excluding steroid dienone is 1. The average molecular weight is 432 g/mol. The minimum absolute atomic E-state index is 0.0368. The molecule has 0 saturated carbocycles. The second-order valence-corrected chi connectivity index (χ2v) is 6.63. The van der Waals surface area contributed by atoms with Gasteiger partial charge in [0, 0.05) is 28.6 Å². The fourth-order valence-corrected chi connectivity index (χ4v) is 3.18. The zero-order valence-corrected chi connectivity index (χ0v) is 15.1. The van der Waals surface area contributed by atoms with Crippen LogP contribution in [0.3, 0.4) is 0 Å². The Morgan fingerprint density at radius 3 is 2.61 bits per heavy atom. The number of aliphatic hydroxyl groups is 1. The van der Waals surface area contributed by atoms with Crippen LogP contribution < -0.4 is 0 Å². The fourth-order valence-electron chi connectivity index (χ4n) is 2.82. The molecule has 0 radical (unpaired) electrons. The lowest BCUT2D eigenvalue weighted by Crippen LogP contribution is -2.36. The zero-order valence-electron chi connectivity index (χ0n) is 12.9. The summed E-state index contributed by atoms with van der Waals surface area (Å²) in [6.45, 7) is 2.38. The molecule has 0 amide bonds. The Hall–Kier alpha value is -1.12. The van der Waals surface area contributed by atoms with E-state index < -0.39 is 12.3 Å². The first kappa shape index (κ1) is 18.2. The van der Waals surface area contributed by atoms with Crippen molar-refractivity contribution in [3.8, 4) is 0 Å². The van der Waals surface area contributed by atoms with E-state index in [0.717, 1.165) is 9.13 Å². The van der Waals surface area contributed by atoms with Crippen molar-refractivity contribution < 1.29 is 24.5 Å². The largest absolute Gasteiger partial charge is 0.475 e. The van der Waals surface area contributed by atoms with Crippen LogP contribution in [0.4, 0.5) is 0 Å². The van der Waals surface area contributed by atoms with Crippen molar-refractivity contribution in [3.05, 3.63) is 45.2 Å². The Balaban J connectivity index is 2.38. The van der Waals surface area contributed by atoms with Crippen LogP contribution in [0.1, 0.15) is 31.2 Å². The van der Waals surface area contributed by atoms with Crippen LogP contribution in [-0.2, 0) is 14.3 Å². The summed E-state index contributed by atoms with van der Waals surface area (Å²) < 4.78 is 12.3. The van der Waals surface area contributed by atoms with Gasteiger partial charge in [-0.2, -0.15) is 0 Å². The monoisotopic (exact) mass is 432 g/mol. The maximum absolute atomic E-state index is 11.4. The summed E-state index contributed by atoms with van der Waals surface area (Å²) >= 11 is 2.24. The van der Waals surface area contributed by atoms with Gasteiger partial charge >= 0.3 is 5.97 Å². The molecule has 5 nitrogen and oxygen atoms in total. The Kier molecular flexibility index (Phi) is 6.86. The molecule has 2 N–H and O–H groups in total. The smallest absolute Gasteiger partial charge is 0.370 e. The summed E-state index contributed by atoms with van der Waals surface area (Å²) in [5, 5.41) is 18.5. The summed E-state index contributed by atoms with van der Waals surface area (Å²) in [7, 11) is 0. The number of halogens is 1. The lowest BCUT2D eigenvalue weighted by atomic mass is 9.80. The zero-order chi connectivity index (χ0) is 16.8. The number of hydrogen-bond acceptors (Lipinski definition) is 4. The van der Waals surface area contributed by atoms with Crippen molar-refractivity contribution in [1.29, 1.82) is 0 Å². The van der Waals surface area contributed by atoms with Gasteiger partial charge in [0.25, 0.3) is 0 Å². The molecule has 0 saturated heterocycles. The molecule has 1 aromatic rings. The number of hydrogen-bond donors (Lipinski definition) is 2. The molecule has 126 valence electrons. The van der Waals surface area contributed by atoms with E-state index in [0.29, 0.717) is 19.4 Å². The van der Waals surface area contributed by atoms with Crippen LogP contribution >= 0.6 is 22.6 Å². The standard InChI is InChI=1S/C17H21IO5/c1-2-22-17-13(4-3-9-19)14(10-15(23-17)16(20)21)11-5-7-12(18)8-6-11/h5-8,10,13-14,17,19H,2-4,9H2,1H3,(H,20,21)/t13-,14-,17-/m1/s1. The molecule has 0 bridgehead atoms. The van der Waals surface area contributed by atoms with Crippen LogP contribution in [0.5, 0.6) is 0 Å². The second kappa shape index (κ2) is 8.65. The van der Waals surface area contributed by atoms with E-state index in [2.05, 4.69) is 22.6 Å². The first-order valence-electron chi connectivity index (χ1n) is 7.66. The first-order valence-corrected chi connectivity index (χ1v) is 8.74. The highest BCUT2D eigenvalue weighted by Crippen LogP contribution is 2.39. The van der Waals surface area contributed by atoms with E-state index in [-0.39, 0.29) is 24.2 Å². The fraction of sp³-hybridized carbons (Fsp3) is 0.471. The molecule has 3 atom stereocenters. The van der Waals surface area contributed by atoms with Crippen LogP contribution in [0.25, 0.3) is 0 Å². The third-order valence-corrected chi connectivity index (χ3v) is 4.60. The summed E-state index contributed by atoms with van der Waals surface area (Å²) in [6, 6.07) is 8.00. The van der Waals surface area contributed by atoms with Crippen LogP contribution in [0, 0.1) is 9.49 Å². The van der Waals surface area contributed by atoms with Gasteiger partial charge in [-0.1, -0.05) is 12.1 Å². The third kappa shape index (κ3) is 4.68. The summed E-state index contributed by atoms with van der Waals surface area (Å²) in [6.07, 6.45) is 2.35. The van der Waals surface area contributed by atoms with Crippen LogP contribution in [-0.4, -0.2) is 35.7 Å². The minimum Gasteiger partial charge on any atom is -0.475 e. The highest BCUT2D eigenvalue weighted by atomic mass is 127. The van der Waals surface area contributed by atoms with Gasteiger partial charge in [0.1, 0.15) is 0 Å². The van der Waals surface area contributed by atoms with Crippen molar-refractivity contribution >= 4 is 28.6 Å². The van der Waals surface area contributed by atoms with Gasteiger partial charge in [-0.15, -0.1) is 0 Å². The molecule has 1 aliphatic heterocycles. The van der Waals surface area contributed by atoms with Gasteiger partial charge in [-0.3, -0.25) is 0 Å². The van der Waals surface area contributed by atoms with E-state index >= 15 is 0 Å². The molecule has 2 rings (SSSR count). The molecule has 0 aliphatic carbocycles. The number of ether oxygens (including phenoxy) is 2. The van der Waals surface area contributed by atoms with E-state index in [1.54, 1.807) is 6.08 Å². The summed E-state index contributed by atoms with van der Waals surface area (Å²) in [4.78, 5) is 11.4. The normalized spacial score (nSPS) is 24.0. The minimum atomic E-state index is -1.09. The summed E-state index contributed by atoms with van der Waals surface area (Å²) in [5.74, 6) is -1.32. The highest BCUT2D eigenvalue weighted by Gasteiger charge is 2.37. The van der Waals surface area contributed by atoms with Gasteiger partial charge in [0.2, 0.25) is 12.0 Å². The number of rotatable bonds is 7. The molecule has 0 aromatic heterocycles. The van der Waals surface area contributed by atoms with Crippen molar-refractivity contribution in [2.24, 2.45) is 5.92 Å². The average Bonchev–Trinajstić information content (AvgIpc) is 2.54. The van der Waals surface area contributed by atoms with Gasteiger partial charge in [-0.05, 0) is 66.1 Å². The Morgan fingerprint density at radius 2 is 2.04 bits per heavy atom. The maximum atomic E-state index is 11.4. The SMILES string of the molecule is CCO[C@@H]1OC(C(=O)O)=C[C@H](c2ccc(I)cc2)[C@H]1CCCO. The molecule has 6 heteroatoms. The van der Waals surface area contributed by atoms with Crippen LogP contribution in [0.2, 0.25) is 0 Å². The quantitative estimate of drug-likeness (QED) is 0.648. The topological polar surface area (TPSA) is 76.0 Å². The van der Waals surface area contributed by atoms with E-state index in [4.69, 9.17) is 14.6 Å². The second-order valence-electron chi connectivity index (χ2n) is 5.38. The number of aliphatic carboxylic acids is 1. The Labute approximate surface area is 149 Å². The molecular weight excluding hydrogens is 411 g/mol. The van der Waals surface area contributed by atoms with Crippen molar-refractivity contribution in [2.75, 3.05) is 13.2 Å². The molecule has 0 spiro atoms. The number of carboxylic acid groups (broad SMARTS) is 1. The van der Waals surface area contributed by atoms with Gasteiger partial charge in [0.05, 0.1) is 0 Å². The number of aliphatic hydroxyl groups excluding tert-OH is 1. The maximum Gasteiger partial charge on any atom is 0.370 e. The number of benzene rings is 1. The molecule has 1 aromatic carbocycles. The summed E-state index contributed by atoms with van der Waals surface area (Å²) in [5.41, 5.74) is 1.03. The number of carboxylic acids is 1. The number of carbonyl (C=O) groups is 1. The Bertz CT molecular complexity index is 555. The predicted octanol–water partition coefficient (Wildman–Crippen LogP) is 3.12. The van der Waals surface area contributed by atoms with Crippen molar-refractivity contribution in [3.63, 3.8) is 0 Å². The van der Waals surface area contributed by atoms with E-state index in [1.165, 1.54) is 0 Å². The molecule has 23 heavy (non-hydrogen) atoms. The third-order valence-electron chi connectivity index (χ3n) is 3.88. The van der Waals surface area contributed by atoms with Crippen molar-refractivity contribution in [1.82, 2.24) is 0 Å². The van der Waals surface area contributed by atoms with E-state index in [9.17, 15) is 9.90 Å². The molecule has 0 unspecified atom stereocenters.